The quantitative estimate of drug-likeness (QED) is 0.847. The molecule has 2 rings (SSSR count). The number of hydrogen-bond donors (Lipinski definition) is 2. The third-order valence-corrected chi connectivity index (χ3v) is 2.69. The standard InChI is InChI=1S/C14H12F3NO2/c15-14(16,17)10-2-1-3-12(6-10)20-8-9-4-5-11(19)7-13(9)18/h1-7,19H,8,18H2. The summed E-state index contributed by atoms with van der Waals surface area (Å²) >= 11 is 0. The van der Waals surface area contributed by atoms with Crippen LogP contribution in [0.1, 0.15) is 11.1 Å². The van der Waals surface area contributed by atoms with Gasteiger partial charge in [-0.15, -0.1) is 0 Å². The number of halogens is 3. The Morgan fingerprint density at radius 2 is 1.85 bits per heavy atom. The van der Waals surface area contributed by atoms with Crippen LogP contribution in [0.15, 0.2) is 42.5 Å². The maximum absolute atomic E-state index is 12.5. The lowest BCUT2D eigenvalue weighted by atomic mass is 10.2. The average molecular weight is 283 g/mol. The molecule has 3 N–H and O–H groups in total. The van der Waals surface area contributed by atoms with Gasteiger partial charge in [0.05, 0.1) is 5.56 Å². The number of phenols is 1. The highest BCUT2D eigenvalue weighted by atomic mass is 19.4. The molecule has 6 heteroatoms. The van der Waals surface area contributed by atoms with E-state index in [1.165, 1.54) is 24.3 Å². The average Bonchev–Trinajstić information content (AvgIpc) is 2.37. The van der Waals surface area contributed by atoms with Gasteiger partial charge in [0.1, 0.15) is 18.1 Å². The zero-order valence-corrected chi connectivity index (χ0v) is 10.3. The van der Waals surface area contributed by atoms with Crippen LogP contribution >= 0.6 is 0 Å². The summed E-state index contributed by atoms with van der Waals surface area (Å²) in [6.07, 6.45) is -4.41. The molecular formula is C14H12F3NO2. The van der Waals surface area contributed by atoms with Gasteiger partial charge in [-0.25, -0.2) is 0 Å². The smallest absolute Gasteiger partial charge is 0.416 e. The monoisotopic (exact) mass is 283 g/mol. The molecule has 106 valence electrons. The van der Waals surface area contributed by atoms with Crippen molar-refractivity contribution in [3.63, 3.8) is 0 Å². The van der Waals surface area contributed by atoms with Crippen molar-refractivity contribution in [2.24, 2.45) is 0 Å². The Hall–Kier alpha value is -2.37. The third kappa shape index (κ3) is 3.34. The molecule has 0 fully saturated rings. The van der Waals surface area contributed by atoms with Crippen molar-refractivity contribution < 1.29 is 23.0 Å². The molecule has 0 atom stereocenters. The minimum atomic E-state index is -4.41. The van der Waals surface area contributed by atoms with E-state index in [2.05, 4.69) is 0 Å². The van der Waals surface area contributed by atoms with E-state index >= 15 is 0 Å². The number of aromatic hydroxyl groups is 1. The van der Waals surface area contributed by atoms with Gasteiger partial charge in [-0.3, -0.25) is 0 Å². The predicted molar refractivity (Wildman–Crippen MR) is 68.3 cm³/mol. The number of alkyl halides is 3. The lowest BCUT2D eigenvalue weighted by Crippen LogP contribution is -2.05. The van der Waals surface area contributed by atoms with Crippen molar-refractivity contribution in [1.29, 1.82) is 0 Å². The molecule has 0 radical (unpaired) electrons. The number of ether oxygens (including phenoxy) is 1. The second-order valence-electron chi connectivity index (χ2n) is 4.20. The molecule has 2 aromatic rings. The molecule has 0 aliphatic heterocycles. The molecular weight excluding hydrogens is 271 g/mol. The van der Waals surface area contributed by atoms with Crippen LogP contribution in [0.5, 0.6) is 11.5 Å². The normalized spacial score (nSPS) is 11.3. The lowest BCUT2D eigenvalue weighted by molar-refractivity contribution is -0.137. The summed E-state index contributed by atoms with van der Waals surface area (Å²) in [6.45, 7) is 0.0213. The largest absolute Gasteiger partial charge is 0.508 e. The van der Waals surface area contributed by atoms with Crippen molar-refractivity contribution >= 4 is 5.69 Å². The van der Waals surface area contributed by atoms with Crippen LogP contribution in [0.2, 0.25) is 0 Å². The van der Waals surface area contributed by atoms with E-state index in [0.717, 1.165) is 12.1 Å². The van der Waals surface area contributed by atoms with E-state index < -0.39 is 11.7 Å². The second-order valence-corrected chi connectivity index (χ2v) is 4.20. The Kier molecular flexibility index (Phi) is 3.74. The van der Waals surface area contributed by atoms with Crippen LogP contribution in [-0.2, 0) is 12.8 Å². The summed E-state index contributed by atoms with van der Waals surface area (Å²) in [4.78, 5) is 0. The van der Waals surface area contributed by atoms with Crippen LogP contribution in [0.4, 0.5) is 18.9 Å². The van der Waals surface area contributed by atoms with Gasteiger partial charge in [0.25, 0.3) is 0 Å². The first-order chi connectivity index (χ1) is 9.36. The van der Waals surface area contributed by atoms with E-state index in [1.807, 2.05) is 0 Å². The zero-order valence-electron chi connectivity index (χ0n) is 10.3. The highest BCUT2D eigenvalue weighted by molar-refractivity contribution is 5.50. The van der Waals surface area contributed by atoms with Gasteiger partial charge < -0.3 is 15.6 Å². The van der Waals surface area contributed by atoms with Crippen LogP contribution in [0, 0.1) is 0 Å². The van der Waals surface area contributed by atoms with E-state index in [4.69, 9.17) is 10.5 Å². The van der Waals surface area contributed by atoms with E-state index in [-0.39, 0.29) is 18.1 Å². The van der Waals surface area contributed by atoms with Crippen LogP contribution in [0.3, 0.4) is 0 Å². The summed E-state index contributed by atoms with van der Waals surface area (Å²) in [5, 5.41) is 9.20. The second kappa shape index (κ2) is 5.32. The number of phenolic OH excluding ortho intramolecular Hbond substituents is 1. The van der Waals surface area contributed by atoms with Gasteiger partial charge in [-0.1, -0.05) is 6.07 Å². The number of rotatable bonds is 3. The van der Waals surface area contributed by atoms with Gasteiger partial charge in [0, 0.05) is 17.3 Å². The number of benzene rings is 2. The fourth-order valence-electron chi connectivity index (χ4n) is 1.64. The highest BCUT2D eigenvalue weighted by Crippen LogP contribution is 2.31. The first-order valence-electron chi connectivity index (χ1n) is 5.73. The molecule has 20 heavy (non-hydrogen) atoms. The molecule has 0 bridgehead atoms. The number of nitrogens with two attached hydrogens (primary N) is 1. The predicted octanol–water partition coefficient (Wildman–Crippen LogP) is 3.57. The molecule has 0 saturated carbocycles. The maximum atomic E-state index is 12.5. The molecule has 2 aromatic carbocycles. The van der Waals surface area contributed by atoms with Crippen molar-refractivity contribution in [3.05, 3.63) is 53.6 Å². The van der Waals surface area contributed by atoms with Gasteiger partial charge >= 0.3 is 6.18 Å². The first kappa shape index (κ1) is 14.0. The van der Waals surface area contributed by atoms with Crippen LogP contribution in [0.25, 0.3) is 0 Å². The first-order valence-corrected chi connectivity index (χ1v) is 5.73. The molecule has 0 saturated heterocycles. The van der Waals surface area contributed by atoms with Gasteiger partial charge in [0.2, 0.25) is 0 Å². The topological polar surface area (TPSA) is 55.5 Å². The number of nitrogen functional groups attached to an aromatic ring is 1. The number of hydrogen-bond acceptors (Lipinski definition) is 3. The third-order valence-electron chi connectivity index (χ3n) is 2.69. The van der Waals surface area contributed by atoms with Crippen molar-refractivity contribution in [3.8, 4) is 11.5 Å². The van der Waals surface area contributed by atoms with Crippen LogP contribution in [-0.4, -0.2) is 5.11 Å². The maximum Gasteiger partial charge on any atom is 0.416 e. The minimum Gasteiger partial charge on any atom is -0.508 e. The Morgan fingerprint density at radius 3 is 2.50 bits per heavy atom. The SMILES string of the molecule is Nc1cc(O)ccc1COc1cccc(C(F)(F)F)c1. The Bertz CT molecular complexity index is 612. The lowest BCUT2D eigenvalue weighted by Gasteiger charge is -2.11. The summed E-state index contributed by atoms with van der Waals surface area (Å²) < 4.78 is 42.9. The number of anilines is 1. The van der Waals surface area contributed by atoms with Crippen molar-refractivity contribution in [2.45, 2.75) is 12.8 Å². The molecule has 0 heterocycles. The minimum absolute atomic E-state index is 0.0188. The van der Waals surface area contributed by atoms with E-state index in [1.54, 1.807) is 6.07 Å². The molecule has 0 amide bonds. The summed E-state index contributed by atoms with van der Waals surface area (Å²) in [5.41, 5.74) is 5.80. The highest BCUT2D eigenvalue weighted by Gasteiger charge is 2.30. The zero-order chi connectivity index (χ0) is 14.8. The molecule has 0 unspecified atom stereocenters. The summed E-state index contributed by atoms with van der Waals surface area (Å²) in [7, 11) is 0. The van der Waals surface area contributed by atoms with Gasteiger partial charge in [0.15, 0.2) is 0 Å². The van der Waals surface area contributed by atoms with E-state index in [9.17, 15) is 18.3 Å². The van der Waals surface area contributed by atoms with E-state index in [0.29, 0.717) is 11.3 Å². The van der Waals surface area contributed by atoms with Crippen molar-refractivity contribution in [1.82, 2.24) is 0 Å². The van der Waals surface area contributed by atoms with Gasteiger partial charge in [-0.05, 0) is 30.3 Å². The van der Waals surface area contributed by atoms with Gasteiger partial charge in [-0.2, -0.15) is 13.2 Å². The summed E-state index contributed by atoms with van der Waals surface area (Å²) in [6, 6.07) is 8.95. The summed E-state index contributed by atoms with van der Waals surface area (Å²) in [5.74, 6) is 0.123. The Labute approximate surface area is 113 Å². The fraction of sp³-hybridized carbons (Fsp3) is 0.143. The fourth-order valence-corrected chi connectivity index (χ4v) is 1.64. The molecule has 0 aromatic heterocycles. The Balaban J connectivity index is 2.11. The van der Waals surface area contributed by atoms with Crippen LogP contribution < -0.4 is 10.5 Å². The molecule has 0 aliphatic carbocycles. The molecule has 0 aliphatic rings. The molecule has 3 nitrogen and oxygen atoms in total. The Morgan fingerprint density at radius 1 is 1.10 bits per heavy atom. The molecule has 0 spiro atoms. The van der Waals surface area contributed by atoms with Crippen molar-refractivity contribution in [2.75, 3.05) is 5.73 Å².